The molecule has 2 aliphatic heterocycles. The Morgan fingerprint density at radius 2 is 1.16 bits per heavy atom. The highest BCUT2D eigenvalue weighted by molar-refractivity contribution is 6.04. The summed E-state index contributed by atoms with van der Waals surface area (Å²) in [6.45, 7) is 11.3. The molecule has 3 aromatic carbocycles. The topological polar surface area (TPSA) is 71.1 Å². The van der Waals surface area contributed by atoms with Crippen LogP contribution in [0.2, 0.25) is 0 Å². The molecule has 5 rings (SSSR count). The van der Waals surface area contributed by atoms with Crippen molar-refractivity contribution in [1.29, 1.82) is 0 Å². The van der Waals surface area contributed by atoms with E-state index < -0.39 is 22.6 Å². The zero-order chi connectivity index (χ0) is 27.6. The quantitative estimate of drug-likeness (QED) is 0.368. The molecule has 0 N–H and O–H groups in total. The fraction of sp³-hybridized carbons (Fsp3) is 0.375. The lowest BCUT2D eigenvalue weighted by atomic mass is 9.81. The SMILES string of the molecule is CC1(C)OC(C)(C)C(C)(C(=O)c2ccccc2)O1.CC1OCC(C(=O)c2ccccc2)(c2ccccc2)O1. The average molecular weight is 517 g/mol. The summed E-state index contributed by atoms with van der Waals surface area (Å²) in [4.78, 5) is 25.6. The second-order valence-electron chi connectivity index (χ2n) is 10.7. The minimum atomic E-state index is -1.04. The molecule has 0 bridgehead atoms. The number of hydrogen-bond acceptors (Lipinski definition) is 6. The molecule has 0 saturated carbocycles. The molecule has 0 amide bonds. The highest BCUT2D eigenvalue weighted by Crippen LogP contribution is 2.45. The Labute approximate surface area is 224 Å². The van der Waals surface area contributed by atoms with Crippen molar-refractivity contribution in [3.8, 4) is 0 Å². The van der Waals surface area contributed by atoms with Crippen molar-refractivity contribution in [2.75, 3.05) is 6.61 Å². The van der Waals surface area contributed by atoms with Gasteiger partial charge in [0, 0.05) is 11.1 Å². The van der Waals surface area contributed by atoms with E-state index in [4.69, 9.17) is 18.9 Å². The van der Waals surface area contributed by atoms with Gasteiger partial charge in [0.05, 0.1) is 6.61 Å². The molecule has 0 aliphatic carbocycles. The number of ketones is 2. The largest absolute Gasteiger partial charge is 0.349 e. The third-order valence-corrected chi connectivity index (χ3v) is 7.10. The van der Waals surface area contributed by atoms with Crippen molar-refractivity contribution in [2.45, 2.75) is 70.4 Å². The number of carbonyl (C=O) groups is 2. The maximum Gasteiger partial charge on any atom is 0.201 e. The van der Waals surface area contributed by atoms with Gasteiger partial charge in [0.15, 0.2) is 29.1 Å². The van der Waals surface area contributed by atoms with E-state index in [1.54, 1.807) is 31.2 Å². The minimum absolute atomic E-state index is 0.0429. The molecule has 3 unspecified atom stereocenters. The predicted octanol–water partition coefficient (Wildman–Crippen LogP) is 6.35. The van der Waals surface area contributed by atoms with Gasteiger partial charge >= 0.3 is 0 Å². The van der Waals surface area contributed by atoms with Gasteiger partial charge < -0.3 is 18.9 Å². The first-order chi connectivity index (χ1) is 17.9. The van der Waals surface area contributed by atoms with Crippen LogP contribution >= 0.6 is 0 Å². The second-order valence-corrected chi connectivity index (χ2v) is 10.7. The third kappa shape index (κ3) is 5.36. The molecule has 2 fully saturated rings. The van der Waals surface area contributed by atoms with E-state index in [0.29, 0.717) is 11.1 Å². The van der Waals surface area contributed by atoms with Gasteiger partial charge in [0.1, 0.15) is 5.60 Å². The van der Waals surface area contributed by atoms with Gasteiger partial charge in [-0.1, -0.05) is 91.0 Å². The van der Waals surface area contributed by atoms with Gasteiger partial charge in [-0.15, -0.1) is 0 Å². The Kier molecular flexibility index (Phi) is 7.73. The first-order valence-corrected chi connectivity index (χ1v) is 12.9. The van der Waals surface area contributed by atoms with Crippen LogP contribution in [0.1, 0.15) is 67.8 Å². The van der Waals surface area contributed by atoms with E-state index in [0.717, 1.165) is 5.56 Å². The molecule has 2 heterocycles. The highest BCUT2D eigenvalue weighted by atomic mass is 16.8. The molecule has 0 radical (unpaired) electrons. The van der Waals surface area contributed by atoms with E-state index in [1.165, 1.54) is 0 Å². The van der Waals surface area contributed by atoms with Gasteiger partial charge in [-0.2, -0.15) is 0 Å². The van der Waals surface area contributed by atoms with Gasteiger partial charge in [0.25, 0.3) is 0 Å². The van der Waals surface area contributed by atoms with Gasteiger partial charge in [-0.3, -0.25) is 9.59 Å². The fourth-order valence-corrected chi connectivity index (χ4v) is 5.05. The lowest BCUT2D eigenvalue weighted by Crippen LogP contribution is -2.51. The molecule has 0 spiro atoms. The summed E-state index contributed by atoms with van der Waals surface area (Å²) in [5, 5.41) is 0. The molecule has 6 heteroatoms. The first-order valence-electron chi connectivity index (χ1n) is 12.9. The zero-order valence-electron chi connectivity index (χ0n) is 22.9. The molecular weight excluding hydrogens is 480 g/mol. The van der Waals surface area contributed by atoms with Gasteiger partial charge in [0.2, 0.25) is 5.78 Å². The summed E-state index contributed by atoms with van der Waals surface area (Å²) in [7, 11) is 0. The monoisotopic (exact) mass is 516 g/mol. The van der Waals surface area contributed by atoms with Crippen LogP contribution in [0.4, 0.5) is 0 Å². The molecule has 3 atom stereocenters. The summed E-state index contributed by atoms with van der Waals surface area (Å²) < 4.78 is 23.1. The molecule has 6 nitrogen and oxygen atoms in total. The normalized spacial score (nSPS) is 27.3. The molecule has 2 aliphatic rings. The Bertz CT molecular complexity index is 1250. The van der Waals surface area contributed by atoms with E-state index in [2.05, 4.69) is 0 Å². The summed E-state index contributed by atoms with van der Waals surface area (Å²) in [6.07, 6.45) is -0.386. The fourth-order valence-electron chi connectivity index (χ4n) is 5.05. The van der Waals surface area contributed by atoms with Crippen LogP contribution in [-0.2, 0) is 24.5 Å². The molecular formula is C32H36O6. The Morgan fingerprint density at radius 3 is 1.58 bits per heavy atom. The van der Waals surface area contributed by atoms with Crippen LogP contribution in [0.25, 0.3) is 0 Å². The van der Waals surface area contributed by atoms with E-state index >= 15 is 0 Å². The lowest BCUT2D eigenvalue weighted by molar-refractivity contribution is -0.161. The van der Waals surface area contributed by atoms with Crippen molar-refractivity contribution < 1.29 is 28.5 Å². The number of rotatable bonds is 5. The van der Waals surface area contributed by atoms with Crippen molar-refractivity contribution in [3.05, 3.63) is 108 Å². The number of carbonyl (C=O) groups excluding carboxylic acids is 2. The Morgan fingerprint density at radius 1 is 0.684 bits per heavy atom. The number of Topliss-reactive ketones (excluding diaryl/α,β-unsaturated/α-hetero) is 2. The number of hydrogen-bond donors (Lipinski definition) is 0. The average Bonchev–Trinajstić information content (AvgIpc) is 3.38. The van der Waals surface area contributed by atoms with Crippen molar-refractivity contribution >= 4 is 11.6 Å². The zero-order valence-corrected chi connectivity index (χ0v) is 22.9. The maximum absolute atomic E-state index is 12.9. The predicted molar refractivity (Wildman–Crippen MR) is 145 cm³/mol. The Hall–Kier alpha value is -3.16. The third-order valence-electron chi connectivity index (χ3n) is 7.10. The van der Waals surface area contributed by atoms with Crippen molar-refractivity contribution in [3.63, 3.8) is 0 Å². The highest BCUT2D eigenvalue weighted by Gasteiger charge is 2.60. The summed E-state index contributed by atoms with van der Waals surface area (Å²) >= 11 is 0. The molecule has 0 aromatic heterocycles. The summed E-state index contributed by atoms with van der Waals surface area (Å²) in [5.74, 6) is -0.852. The van der Waals surface area contributed by atoms with Crippen LogP contribution < -0.4 is 0 Å². The van der Waals surface area contributed by atoms with Crippen LogP contribution in [0.3, 0.4) is 0 Å². The minimum Gasteiger partial charge on any atom is -0.349 e. The van der Waals surface area contributed by atoms with E-state index in [9.17, 15) is 9.59 Å². The Balaban J connectivity index is 0.000000178. The van der Waals surface area contributed by atoms with Crippen LogP contribution in [0, 0.1) is 0 Å². The first kappa shape index (κ1) is 27.9. The van der Waals surface area contributed by atoms with Gasteiger partial charge in [-0.25, -0.2) is 0 Å². The van der Waals surface area contributed by atoms with Crippen molar-refractivity contribution in [2.24, 2.45) is 0 Å². The van der Waals surface area contributed by atoms with Crippen LogP contribution in [-0.4, -0.2) is 41.5 Å². The number of benzene rings is 3. The lowest BCUT2D eigenvalue weighted by Gasteiger charge is -2.33. The van der Waals surface area contributed by atoms with E-state index in [1.807, 2.05) is 101 Å². The molecule has 200 valence electrons. The maximum atomic E-state index is 12.9. The number of ether oxygens (including phenoxy) is 4. The molecule has 2 saturated heterocycles. The smallest absolute Gasteiger partial charge is 0.201 e. The van der Waals surface area contributed by atoms with Crippen molar-refractivity contribution in [1.82, 2.24) is 0 Å². The standard InChI is InChI=1S/C17H16O3.C15H20O3/c1-13-19-12-17(20-13,15-10-6-3-7-11-15)16(18)14-8-4-2-5-9-14;1-13(2)15(5,18-14(3,4)17-13)12(16)11-9-7-6-8-10-11/h2-11,13H,12H2,1H3;6-10H,1-5H3. The van der Waals surface area contributed by atoms with Crippen LogP contribution in [0.15, 0.2) is 91.0 Å². The summed E-state index contributed by atoms with van der Waals surface area (Å²) in [5.41, 5.74) is -0.565. The molecule has 3 aromatic rings. The second kappa shape index (κ2) is 10.5. The van der Waals surface area contributed by atoms with Gasteiger partial charge in [-0.05, 0) is 47.1 Å². The van der Waals surface area contributed by atoms with E-state index in [-0.39, 0.29) is 24.5 Å². The van der Waals surface area contributed by atoms with Crippen LogP contribution in [0.5, 0.6) is 0 Å². The summed E-state index contributed by atoms with van der Waals surface area (Å²) in [6, 6.07) is 27.9. The molecule has 38 heavy (non-hydrogen) atoms.